The normalized spacial score (nSPS) is 10.0. The minimum Gasteiger partial charge on any atom is -0.506 e. The summed E-state index contributed by atoms with van der Waals surface area (Å²) in [5.74, 6) is -1.00. The molecule has 8 heteroatoms. The Morgan fingerprint density at radius 1 is 1.67 bits per heavy atom. The van der Waals surface area contributed by atoms with Crippen LogP contribution >= 0.6 is 0 Å². The Bertz CT molecular complexity index is 456. The van der Waals surface area contributed by atoms with Crippen LogP contribution in [0.25, 0.3) is 0 Å². The molecule has 0 saturated heterocycles. The molecule has 1 heterocycles. The van der Waals surface area contributed by atoms with Crippen molar-refractivity contribution in [2.24, 2.45) is 0 Å². The Hall–Kier alpha value is -2.30. The summed E-state index contributed by atoms with van der Waals surface area (Å²) in [4.78, 5) is 12.4. The summed E-state index contributed by atoms with van der Waals surface area (Å²) in [6, 6.07) is 1.78. The topological polar surface area (TPSA) is 100 Å². The minimum atomic E-state index is -3.10. The van der Waals surface area contributed by atoms with Crippen LogP contribution in [0.2, 0.25) is 0 Å². The molecule has 0 radical (unpaired) electrons. The van der Waals surface area contributed by atoms with E-state index in [0.29, 0.717) is 6.07 Å². The van der Waals surface area contributed by atoms with E-state index >= 15 is 0 Å². The highest BCUT2D eigenvalue weighted by molar-refractivity contribution is 5.49. The van der Waals surface area contributed by atoms with Crippen molar-refractivity contribution in [3.8, 4) is 11.8 Å². The third-order valence-electron chi connectivity index (χ3n) is 1.52. The Morgan fingerprint density at radius 3 is 2.67 bits per heavy atom. The fourth-order valence-corrected chi connectivity index (χ4v) is 0.889. The zero-order valence-corrected chi connectivity index (χ0v) is 7.02. The molecule has 1 N–H and O–H groups in total. The van der Waals surface area contributed by atoms with Gasteiger partial charge in [-0.05, 0) is 0 Å². The first kappa shape index (κ1) is 10.8. The molecule has 0 fully saturated rings. The van der Waals surface area contributed by atoms with Crippen LogP contribution in [0.1, 0.15) is 17.8 Å². The third-order valence-corrected chi connectivity index (χ3v) is 1.52. The van der Waals surface area contributed by atoms with Crippen molar-refractivity contribution in [2.45, 2.75) is 6.43 Å². The largest absolute Gasteiger partial charge is 0.506 e. The van der Waals surface area contributed by atoms with Gasteiger partial charge in [0, 0.05) is 0 Å². The van der Waals surface area contributed by atoms with Gasteiger partial charge in [0.15, 0.2) is 0 Å². The van der Waals surface area contributed by atoms with Crippen molar-refractivity contribution in [3.63, 3.8) is 0 Å². The van der Waals surface area contributed by atoms with Crippen LogP contribution in [0.5, 0.6) is 5.75 Å². The second kappa shape index (κ2) is 3.83. The maximum atomic E-state index is 12.2. The monoisotopic (exact) mass is 215 g/mol. The molecule has 1 rings (SSSR count). The minimum absolute atomic E-state index is 0.479. The number of aromatic hydroxyl groups is 1. The first-order chi connectivity index (χ1) is 6.97. The molecular formula is C7H3F2N3O3. The van der Waals surface area contributed by atoms with Crippen molar-refractivity contribution in [2.75, 3.05) is 0 Å². The summed E-state index contributed by atoms with van der Waals surface area (Å²) in [5.41, 5.74) is -2.61. The van der Waals surface area contributed by atoms with E-state index in [1.165, 1.54) is 6.07 Å². The summed E-state index contributed by atoms with van der Waals surface area (Å²) in [6.45, 7) is 0. The molecule has 0 aromatic carbocycles. The Morgan fingerprint density at radius 2 is 2.27 bits per heavy atom. The van der Waals surface area contributed by atoms with Crippen LogP contribution in [0.15, 0.2) is 6.07 Å². The van der Waals surface area contributed by atoms with E-state index in [1.807, 2.05) is 0 Å². The zero-order chi connectivity index (χ0) is 11.6. The predicted octanol–water partition coefficient (Wildman–Crippen LogP) is 1.50. The van der Waals surface area contributed by atoms with Crippen LogP contribution in [-0.2, 0) is 0 Å². The van der Waals surface area contributed by atoms with Crippen LogP contribution in [0, 0.1) is 21.4 Å². The van der Waals surface area contributed by atoms with E-state index < -0.39 is 34.2 Å². The fraction of sp³-hybridized carbons (Fsp3) is 0.143. The summed E-state index contributed by atoms with van der Waals surface area (Å²) < 4.78 is 24.4. The van der Waals surface area contributed by atoms with Gasteiger partial charge in [-0.1, -0.05) is 0 Å². The lowest BCUT2D eigenvalue weighted by Gasteiger charge is -2.02. The van der Waals surface area contributed by atoms with Gasteiger partial charge in [0.05, 0.1) is 11.0 Å². The van der Waals surface area contributed by atoms with Gasteiger partial charge < -0.3 is 5.11 Å². The lowest BCUT2D eigenvalue weighted by molar-refractivity contribution is -0.385. The number of halogens is 2. The number of rotatable bonds is 2. The lowest BCUT2D eigenvalue weighted by atomic mass is 10.2. The average molecular weight is 215 g/mol. The molecule has 0 aliphatic rings. The average Bonchev–Trinajstić information content (AvgIpc) is 2.16. The number of nitro groups is 1. The second-order valence-corrected chi connectivity index (χ2v) is 2.43. The summed E-state index contributed by atoms with van der Waals surface area (Å²) >= 11 is 0. The van der Waals surface area contributed by atoms with Crippen molar-refractivity contribution in [1.29, 1.82) is 5.26 Å². The highest BCUT2D eigenvalue weighted by Crippen LogP contribution is 2.30. The number of hydrogen-bond donors (Lipinski definition) is 1. The number of pyridine rings is 1. The van der Waals surface area contributed by atoms with Gasteiger partial charge in [0.2, 0.25) is 5.69 Å². The first-order valence-electron chi connectivity index (χ1n) is 3.54. The molecule has 0 bridgehead atoms. The standard InChI is InChI=1S/C7H3F2N3O3/c8-7(9)6-5(13)1-4(12(14)15)3(2-10)11-6/h1,7,13H. The van der Waals surface area contributed by atoms with Gasteiger partial charge in [-0.15, -0.1) is 0 Å². The molecule has 0 unspecified atom stereocenters. The molecule has 78 valence electrons. The lowest BCUT2D eigenvalue weighted by Crippen LogP contribution is -1.99. The number of aromatic nitrogens is 1. The molecule has 0 spiro atoms. The van der Waals surface area contributed by atoms with Crippen LogP contribution in [0.3, 0.4) is 0 Å². The number of hydrogen-bond acceptors (Lipinski definition) is 5. The third kappa shape index (κ3) is 1.96. The van der Waals surface area contributed by atoms with Crippen LogP contribution in [-0.4, -0.2) is 15.0 Å². The van der Waals surface area contributed by atoms with E-state index in [-0.39, 0.29) is 0 Å². The van der Waals surface area contributed by atoms with E-state index in [1.54, 1.807) is 0 Å². The van der Waals surface area contributed by atoms with Gasteiger partial charge in [0.25, 0.3) is 6.43 Å². The SMILES string of the molecule is N#Cc1nc(C(F)F)c(O)cc1[N+](=O)[O-]. The Kier molecular flexibility index (Phi) is 2.75. The second-order valence-electron chi connectivity index (χ2n) is 2.43. The molecular weight excluding hydrogens is 212 g/mol. The molecule has 15 heavy (non-hydrogen) atoms. The first-order valence-corrected chi connectivity index (χ1v) is 3.54. The van der Waals surface area contributed by atoms with Crippen molar-refractivity contribution >= 4 is 5.69 Å². The smallest absolute Gasteiger partial charge is 0.309 e. The van der Waals surface area contributed by atoms with Gasteiger partial charge in [0.1, 0.15) is 17.5 Å². The van der Waals surface area contributed by atoms with Gasteiger partial charge in [-0.25, -0.2) is 13.8 Å². The highest BCUT2D eigenvalue weighted by atomic mass is 19.3. The van der Waals surface area contributed by atoms with Gasteiger partial charge in [-0.3, -0.25) is 10.1 Å². The van der Waals surface area contributed by atoms with Crippen molar-refractivity contribution in [1.82, 2.24) is 4.98 Å². The maximum Gasteiger partial charge on any atom is 0.309 e. The van der Waals surface area contributed by atoms with E-state index in [2.05, 4.69) is 4.98 Å². The van der Waals surface area contributed by atoms with Crippen LogP contribution in [0.4, 0.5) is 14.5 Å². The Labute approximate surface area is 81.6 Å². The zero-order valence-electron chi connectivity index (χ0n) is 7.02. The Balaban J connectivity index is 3.44. The molecule has 1 aromatic rings. The molecule has 0 saturated carbocycles. The molecule has 1 aromatic heterocycles. The molecule has 6 nitrogen and oxygen atoms in total. The summed E-state index contributed by atoms with van der Waals surface area (Å²) in [5, 5.41) is 27.7. The molecule has 0 aliphatic heterocycles. The fourth-order valence-electron chi connectivity index (χ4n) is 0.889. The van der Waals surface area contributed by atoms with Crippen molar-refractivity contribution < 1.29 is 18.8 Å². The highest BCUT2D eigenvalue weighted by Gasteiger charge is 2.23. The van der Waals surface area contributed by atoms with E-state index in [9.17, 15) is 18.9 Å². The number of nitrogens with zero attached hydrogens (tertiary/aromatic N) is 3. The maximum absolute atomic E-state index is 12.2. The predicted molar refractivity (Wildman–Crippen MR) is 42.2 cm³/mol. The molecule has 0 aliphatic carbocycles. The van der Waals surface area contributed by atoms with Gasteiger partial charge >= 0.3 is 5.69 Å². The summed E-state index contributed by atoms with van der Waals surface area (Å²) in [7, 11) is 0. The van der Waals surface area contributed by atoms with E-state index in [0.717, 1.165) is 0 Å². The van der Waals surface area contributed by atoms with E-state index in [4.69, 9.17) is 10.4 Å². The van der Waals surface area contributed by atoms with Gasteiger partial charge in [-0.2, -0.15) is 5.26 Å². The molecule has 0 amide bonds. The number of alkyl halides is 2. The molecule has 0 atom stereocenters. The van der Waals surface area contributed by atoms with Crippen LogP contribution < -0.4 is 0 Å². The number of nitriles is 1. The summed E-state index contributed by atoms with van der Waals surface area (Å²) in [6.07, 6.45) is -3.10. The van der Waals surface area contributed by atoms with Crippen molar-refractivity contribution in [3.05, 3.63) is 27.6 Å². The quantitative estimate of drug-likeness (QED) is 0.595.